The van der Waals surface area contributed by atoms with E-state index in [9.17, 15) is 0 Å². The summed E-state index contributed by atoms with van der Waals surface area (Å²) in [6.45, 7) is 0. The molecule has 3 heterocycles. The zero-order valence-corrected chi connectivity index (χ0v) is 9.08. The Morgan fingerprint density at radius 2 is 2.29 bits per heavy atom. The number of nitrogens with zero attached hydrogens (tertiary/aromatic N) is 4. The number of anilines is 3. The summed E-state index contributed by atoms with van der Waals surface area (Å²) >= 11 is 0. The molecule has 7 heteroatoms. The van der Waals surface area contributed by atoms with Gasteiger partial charge in [-0.15, -0.1) is 0 Å². The van der Waals surface area contributed by atoms with Gasteiger partial charge in [0.25, 0.3) is 0 Å². The molecule has 0 aromatic carbocycles. The predicted molar refractivity (Wildman–Crippen MR) is 62.7 cm³/mol. The number of furan rings is 1. The van der Waals surface area contributed by atoms with E-state index in [2.05, 4.69) is 20.3 Å². The Bertz CT molecular complexity index is 670. The van der Waals surface area contributed by atoms with Crippen LogP contribution >= 0.6 is 0 Å². The second-order valence-electron chi connectivity index (χ2n) is 3.61. The van der Waals surface area contributed by atoms with Gasteiger partial charge in [0.2, 0.25) is 5.95 Å². The van der Waals surface area contributed by atoms with Crippen LogP contribution in [0.1, 0.15) is 0 Å². The van der Waals surface area contributed by atoms with Gasteiger partial charge in [0.05, 0.1) is 12.6 Å². The van der Waals surface area contributed by atoms with Crippen molar-refractivity contribution in [3.05, 3.63) is 24.9 Å². The maximum atomic E-state index is 5.61. The van der Waals surface area contributed by atoms with E-state index in [0.717, 1.165) is 0 Å². The van der Waals surface area contributed by atoms with Crippen LogP contribution in [0.2, 0.25) is 0 Å². The third kappa shape index (κ3) is 1.67. The third-order valence-electron chi connectivity index (χ3n) is 2.27. The number of rotatable bonds is 2. The largest absolute Gasteiger partial charge is 0.459 e. The number of nitrogen functional groups attached to an aromatic ring is 1. The van der Waals surface area contributed by atoms with Crippen molar-refractivity contribution in [2.24, 2.45) is 7.05 Å². The van der Waals surface area contributed by atoms with Crippen LogP contribution in [0.3, 0.4) is 0 Å². The van der Waals surface area contributed by atoms with Crippen LogP contribution < -0.4 is 11.1 Å². The highest BCUT2D eigenvalue weighted by atomic mass is 16.3. The van der Waals surface area contributed by atoms with Crippen molar-refractivity contribution < 1.29 is 4.42 Å². The lowest BCUT2D eigenvalue weighted by molar-refractivity contribution is 0.615. The summed E-state index contributed by atoms with van der Waals surface area (Å²) in [6.07, 6.45) is 5.06. The molecule has 7 nitrogen and oxygen atoms in total. The first-order valence-corrected chi connectivity index (χ1v) is 4.98. The van der Waals surface area contributed by atoms with Crippen LogP contribution in [0.25, 0.3) is 11.1 Å². The number of nitrogens with one attached hydrogen (secondary N) is 1. The molecule has 3 N–H and O–H groups in total. The normalized spacial score (nSPS) is 10.9. The van der Waals surface area contributed by atoms with Crippen LogP contribution in [0.5, 0.6) is 0 Å². The molecule has 86 valence electrons. The molecule has 3 aromatic heterocycles. The van der Waals surface area contributed by atoms with Crippen LogP contribution in [0, 0.1) is 0 Å². The SMILES string of the molecule is Cn1cnc(Nc2nc(N)nc3ccoc23)c1. The molecule has 0 radical (unpaired) electrons. The Balaban J connectivity index is 2.07. The van der Waals surface area contributed by atoms with E-state index in [0.29, 0.717) is 22.7 Å². The Kier molecular flexibility index (Phi) is 1.97. The molecule has 0 saturated carbocycles. The Labute approximate surface area is 96.3 Å². The summed E-state index contributed by atoms with van der Waals surface area (Å²) in [5.41, 5.74) is 6.84. The van der Waals surface area contributed by atoms with Gasteiger partial charge in [0.1, 0.15) is 11.3 Å². The minimum Gasteiger partial charge on any atom is -0.459 e. The highest BCUT2D eigenvalue weighted by Crippen LogP contribution is 2.24. The monoisotopic (exact) mass is 230 g/mol. The molecule has 0 saturated heterocycles. The van der Waals surface area contributed by atoms with E-state index >= 15 is 0 Å². The van der Waals surface area contributed by atoms with Gasteiger partial charge in [-0.05, 0) is 0 Å². The van der Waals surface area contributed by atoms with Gasteiger partial charge in [-0.2, -0.15) is 4.98 Å². The van der Waals surface area contributed by atoms with E-state index in [1.54, 1.807) is 18.7 Å². The predicted octanol–water partition coefficient (Wildman–Crippen LogP) is 1.28. The molecule has 0 spiro atoms. The molecular weight excluding hydrogens is 220 g/mol. The summed E-state index contributed by atoms with van der Waals surface area (Å²) in [4.78, 5) is 12.3. The molecule has 0 aliphatic rings. The van der Waals surface area contributed by atoms with E-state index in [-0.39, 0.29) is 5.95 Å². The zero-order chi connectivity index (χ0) is 11.8. The second-order valence-corrected chi connectivity index (χ2v) is 3.61. The number of hydrogen-bond donors (Lipinski definition) is 2. The van der Waals surface area contributed by atoms with Crippen LogP contribution in [0.15, 0.2) is 29.3 Å². The number of fused-ring (bicyclic) bond motifs is 1. The van der Waals surface area contributed by atoms with Crippen LogP contribution in [-0.4, -0.2) is 19.5 Å². The summed E-state index contributed by atoms with van der Waals surface area (Å²) < 4.78 is 7.13. The van der Waals surface area contributed by atoms with Gasteiger partial charge in [-0.1, -0.05) is 0 Å². The van der Waals surface area contributed by atoms with Crippen molar-refractivity contribution in [1.29, 1.82) is 0 Å². The fourth-order valence-corrected chi connectivity index (χ4v) is 1.56. The maximum Gasteiger partial charge on any atom is 0.222 e. The Morgan fingerprint density at radius 1 is 1.41 bits per heavy atom. The number of aromatic nitrogens is 4. The molecular formula is C10H10N6O. The summed E-state index contributed by atoms with van der Waals surface area (Å²) in [5, 5.41) is 3.04. The van der Waals surface area contributed by atoms with E-state index < -0.39 is 0 Å². The topological polar surface area (TPSA) is 94.8 Å². The molecule has 3 aromatic rings. The van der Waals surface area contributed by atoms with Crippen molar-refractivity contribution in [2.75, 3.05) is 11.1 Å². The van der Waals surface area contributed by atoms with Gasteiger partial charge >= 0.3 is 0 Å². The zero-order valence-electron chi connectivity index (χ0n) is 9.08. The van der Waals surface area contributed by atoms with Crippen LogP contribution in [0.4, 0.5) is 17.6 Å². The lowest BCUT2D eigenvalue weighted by Gasteiger charge is -2.02. The van der Waals surface area contributed by atoms with Gasteiger partial charge < -0.3 is 20.0 Å². The van der Waals surface area contributed by atoms with Crippen molar-refractivity contribution in [3.63, 3.8) is 0 Å². The van der Waals surface area contributed by atoms with Gasteiger partial charge in [-0.3, -0.25) is 0 Å². The summed E-state index contributed by atoms with van der Waals surface area (Å²) in [5.74, 6) is 1.37. The minimum absolute atomic E-state index is 0.192. The lowest BCUT2D eigenvalue weighted by atomic mass is 10.4. The fourth-order valence-electron chi connectivity index (χ4n) is 1.56. The van der Waals surface area contributed by atoms with E-state index in [1.165, 1.54) is 0 Å². The number of aryl methyl sites for hydroxylation is 1. The van der Waals surface area contributed by atoms with Gasteiger partial charge in [0, 0.05) is 19.3 Å². The summed E-state index contributed by atoms with van der Waals surface area (Å²) in [7, 11) is 1.88. The Morgan fingerprint density at radius 3 is 3.06 bits per heavy atom. The van der Waals surface area contributed by atoms with Crippen molar-refractivity contribution in [3.8, 4) is 0 Å². The highest BCUT2D eigenvalue weighted by Gasteiger charge is 2.10. The average molecular weight is 230 g/mol. The summed E-state index contributed by atoms with van der Waals surface area (Å²) in [6, 6.07) is 1.73. The van der Waals surface area contributed by atoms with Gasteiger partial charge in [-0.25, -0.2) is 9.97 Å². The van der Waals surface area contributed by atoms with Gasteiger partial charge in [0.15, 0.2) is 11.4 Å². The average Bonchev–Trinajstić information content (AvgIpc) is 2.87. The van der Waals surface area contributed by atoms with Crippen molar-refractivity contribution in [1.82, 2.24) is 19.5 Å². The first-order chi connectivity index (χ1) is 8.22. The lowest BCUT2D eigenvalue weighted by Crippen LogP contribution is -2.00. The standard InChI is InChI=1S/C10H10N6O/c1-16-4-7(12-5-16)14-9-8-6(2-3-17-8)13-10(11)15-9/h2-5H,1H3,(H3,11,13,14,15). The molecule has 0 atom stereocenters. The van der Waals surface area contributed by atoms with E-state index in [1.807, 2.05) is 17.8 Å². The molecule has 0 aliphatic heterocycles. The molecule has 0 aliphatic carbocycles. The number of imidazole rings is 1. The van der Waals surface area contributed by atoms with Crippen molar-refractivity contribution >= 4 is 28.7 Å². The minimum atomic E-state index is 0.192. The van der Waals surface area contributed by atoms with Crippen molar-refractivity contribution in [2.45, 2.75) is 0 Å². The second kappa shape index (κ2) is 3.48. The molecule has 17 heavy (non-hydrogen) atoms. The number of hydrogen-bond acceptors (Lipinski definition) is 6. The Hall–Kier alpha value is -2.57. The van der Waals surface area contributed by atoms with E-state index in [4.69, 9.17) is 10.2 Å². The molecule has 0 unspecified atom stereocenters. The maximum absolute atomic E-state index is 5.61. The first-order valence-electron chi connectivity index (χ1n) is 4.98. The quantitative estimate of drug-likeness (QED) is 0.688. The smallest absolute Gasteiger partial charge is 0.222 e. The molecule has 0 bridgehead atoms. The third-order valence-corrected chi connectivity index (χ3v) is 2.27. The molecule has 0 amide bonds. The fraction of sp³-hybridized carbons (Fsp3) is 0.100. The van der Waals surface area contributed by atoms with Crippen LogP contribution in [-0.2, 0) is 7.05 Å². The molecule has 0 fully saturated rings. The first kappa shape index (κ1) is 9.64. The highest BCUT2D eigenvalue weighted by molar-refractivity contribution is 5.86. The number of nitrogens with two attached hydrogens (primary N) is 1. The molecule has 3 rings (SSSR count).